The number of piperidine rings is 1. The van der Waals surface area contributed by atoms with Crippen molar-refractivity contribution in [3.63, 3.8) is 0 Å². The Morgan fingerprint density at radius 1 is 1.35 bits per heavy atom. The van der Waals surface area contributed by atoms with E-state index in [2.05, 4.69) is 14.5 Å². The van der Waals surface area contributed by atoms with Crippen LogP contribution in [0.2, 0.25) is 0 Å². The lowest BCUT2D eigenvalue weighted by Crippen LogP contribution is -2.34. The minimum Gasteiger partial charge on any atom is -0.508 e. The van der Waals surface area contributed by atoms with Gasteiger partial charge in [-0.1, -0.05) is 16.6 Å². The molecular weight excluding hydrogens is 334 g/mol. The quantitative estimate of drug-likeness (QED) is 0.905. The van der Waals surface area contributed by atoms with Gasteiger partial charge in [0.2, 0.25) is 0 Å². The van der Waals surface area contributed by atoms with Crippen LogP contribution in [0.5, 0.6) is 5.75 Å². The van der Waals surface area contributed by atoms with Crippen LogP contribution >= 0.6 is 11.5 Å². The summed E-state index contributed by atoms with van der Waals surface area (Å²) in [7, 11) is -3.27. The molecule has 3 rings (SSSR count). The first-order valence-electron chi connectivity index (χ1n) is 7.46. The molecular formula is C15H19N3O3S2. The molecule has 6 nitrogen and oxygen atoms in total. The first-order valence-corrected chi connectivity index (χ1v) is 10.1. The predicted molar refractivity (Wildman–Crippen MR) is 88.4 cm³/mol. The number of hydrogen-bond donors (Lipinski definition) is 1. The van der Waals surface area contributed by atoms with Crippen molar-refractivity contribution in [1.29, 1.82) is 0 Å². The summed E-state index contributed by atoms with van der Waals surface area (Å²) in [5.74, 6) is 0.362. The second-order valence-electron chi connectivity index (χ2n) is 5.96. The van der Waals surface area contributed by atoms with Crippen LogP contribution in [0.4, 0.5) is 0 Å². The third-order valence-electron chi connectivity index (χ3n) is 4.05. The van der Waals surface area contributed by atoms with Crippen LogP contribution in [0.3, 0.4) is 0 Å². The Morgan fingerprint density at radius 2 is 2.09 bits per heavy atom. The third-order valence-corrected chi connectivity index (χ3v) is 6.61. The molecule has 23 heavy (non-hydrogen) atoms. The maximum atomic E-state index is 11.9. The normalized spacial score (nSPS) is 19.8. The number of likely N-dealkylation sites (tertiary alicyclic amines) is 1. The van der Waals surface area contributed by atoms with Crippen molar-refractivity contribution in [3.8, 4) is 5.75 Å². The van der Waals surface area contributed by atoms with E-state index >= 15 is 0 Å². The van der Waals surface area contributed by atoms with Gasteiger partial charge in [0.1, 0.15) is 5.75 Å². The number of hydrogen-bond acceptors (Lipinski definition) is 7. The fourth-order valence-electron chi connectivity index (χ4n) is 2.98. The second kappa shape index (κ2) is 6.54. The number of phenols is 1. The molecule has 0 aliphatic carbocycles. The fourth-order valence-corrected chi connectivity index (χ4v) is 4.71. The van der Waals surface area contributed by atoms with E-state index in [1.807, 2.05) is 12.1 Å². The molecule has 1 N–H and O–H groups in total. The van der Waals surface area contributed by atoms with Crippen LogP contribution in [0.1, 0.15) is 30.0 Å². The zero-order valence-corrected chi connectivity index (χ0v) is 14.5. The second-order valence-corrected chi connectivity index (χ2v) is 8.92. The lowest BCUT2D eigenvalue weighted by molar-refractivity contribution is 0.197. The van der Waals surface area contributed by atoms with Gasteiger partial charge in [-0.25, -0.2) is 8.42 Å². The zero-order chi connectivity index (χ0) is 16.4. The lowest BCUT2D eigenvalue weighted by Gasteiger charge is -2.32. The smallest absolute Gasteiger partial charge is 0.188 e. The molecule has 1 atom stereocenters. The minimum atomic E-state index is -3.27. The van der Waals surface area contributed by atoms with Crippen molar-refractivity contribution in [2.45, 2.75) is 29.5 Å². The summed E-state index contributed by atoms with van der Waals surface area (Å²) >= 11 is 0.962. The Labute approximate surface area is 139 Å². The number of nitrogens with zero attached hydrogens (tertiary/aromatic N) is 3. The van der Waals surface area contributed by atoms with Gasteiger partial charge in [-0.3, -0.25) is 4.90 Å². The molecule has 0 unspecified atom stereocenters. The van der Waals surface area contributed by atoms with Gasteiger partial charge in [0.05, 0.1) is 5.69 Å². The Balaban J connectivity index is 1.74. The van der Waals surface area contributed by atoms with Gasteiger partial charge in [0.15, 0.2) is 14.0 Å². The highest BCUT2D eigenvalue weighted by Crippen LogP contribution is 2.32. The van der Waals surface area contributed by atoms with Gasteiger partial charge < -0.3 is 5.11 Å². The number of phenolic OH excluding ortho intramolecular Hbond substituents is 1. The lowest BCUT2D eigenvalue weighted by atomic mass is 9.95. The van der Waals surface area contributed by atoms with Gasteiger partial charge >= 0.3 is 0 Å². The highest BCUT2D eigenvalue weighted by molar-refractivity contribution is 7.92. The Morgan fingerprint density at radius 3 is 2.78 bits per heavy atom. The summed E-state index contributed by atoms with van der Waals surface area (Å²) in [5, 5.41) is 13.4. The summed E-state index contributed by atoms with van der Waals surface area (Å²) in [6.45, 7) is 2.53. The molecule has 0 saturated carbocycles. The van der Waals surface area contributed by atoms with E-state index in [1.165, 1.54) is 6.26 Å². The van der Waals surface area contributed by atoms with E-state index in [0.717, 1.165) is 49.6 Å². The van der Waals surface area contributed by atoms with Crippen LogP contribution < -0.4 is 0 Å². The zero-order valence-electron chi connectivity index (χ0n) is 12.8. The van der Waals surface area contributed by atoms with Crippen LogP contribution in [0.25, 0.3) is 0 Å². The molecule has 1 fully saturated rings. The number of aromatic nitrogens is 2. The summed E-state index contributed by atoms with van der Waals surface area (Å²) in [6.07, 6.45) is 3.15. The van der Waals surface area contributed by atoms with E-state index < -0.39 is 9.84 Å². The average Bonchev–Trinajstić information content (AvgIpc) is 3.00. The molecule has 2 aromatic rings. The minimum absolute atomic E-state index is 0.101. The third kappa shape index (κ3) is 3.88. The van der Waals surface area contributed by atoms with Crippen molar-refractivity contribution < 1.29 is 13.5 Å². The molecule has 0 bridgehead atoms. The summed E-state index contributed by atoms with van der Waals surface area (Å²) < 4.78 is 27.9. The molecule has 1 aromatic heterocycles. The molecule has 1 saturated heterocycles. The standard InChI is InChI=1S/C15H19N3O3S2/c1-23(20,21)15-14(16-17-22-15)12-3-2-8-18(10-12)9-11-4-6-13(19)7-5-11/h4-7,12,19H,2-3,8-10H2,1H3/t12-/m1/s1. The van der Waals surface area contributed by atoms with Crippen LogP contribution in [0.15, 0.2) is 28.5 Å². The summed E-state index contributed by atoms with van der Waals surface area (Å²) in [6, 6.07) is 7.18. The molecule has 8 heteroatoms. The van der Waals surface area contributed by atoms with E-state index in [1.54, 1.807) is 12.1 Å². The van der Waals surface area contributed by atoms with Gasteiger partial charge in [-0.15, -0.1) is 5.10 Å². The molecule has 124 valence electrons. The largest absolute Gasteiger partial charge is 0.508 e. The van der Waals surface area contributed by atoms with E-state index in [9.17, 15) is 13.5 Å². The SMILES string of the molecule is CS(=O)(=O)c1snnc1[C@@H]1CCCN(Cc2ccc(O)cc2)C1. The van der Waals surface area contributed by atoms with Gasteiger partial charge in [0.25, 0.3) is 0 Å². The summed E-state index contributed by atoms with van der Waals surface area (Å²) in [4.78, 5) is 2.30. The van der Waals surface area contributed by atoms with E-state index in [4.69, 9.17) is 0 Å². The monoisotopic (exact) mass is 353 g/mol. The van der Waals surface area contributed by atoms with Crippen LogP contribution in [-0.2, 0) is 16.4 Å². The van der Waals surface area contributed by atoms with Gasteiger partial charge in [-0.05, 0) is 37.1 Å². The van der Waals surface area contributed by atoms with E-state index in [0.29, 0.717) is 9.90 Å². The number of rotatable bonds is 4. The first kappa shape index (κ1) is 16.4. The highest BCUT2D eigenvalue weighted by atomic mass is 32.2. The molecule has 0 radical (unpaired) electrons. The predicted octanol–water partition coefficient (Wildman–Crippen LogP) is 2.03. The maximum Gasteiger partial charge on any atom is 0.188 e. The molecule has 2 heterocycles. The topological polar surface area (TPSA) is 83.4 Å². The van der Waals surface area contributed by atoms with Gasteiger partial charge in [0, 0.05) is 36.8 Å². The number of benzene rings is 1. The number of sulfone groups is 1. The molecule has 1 aliphatic rings. The van der Waals surface area contributed by atoms with Crippen molar-refractivity contribution >= 4 is 21.4 Å². The van der Waals surface area contributed by atoms with Crippen molar-refractivity contribution in [2.24, 2.45) is 0 Å². The molecule has 1 aromatic carbocycles. The van der Waals surface area contributed by atoms with E-state index in [-0.39, 0.29) is 11.7 Å². The number of aromatic hydroxyl groups is 1. The van der Waals surface area contributed by atoms with Crippen molar-refractivity contribution in [3.05, 3.63) is 35.5 Å². The van der Waals surface area contributed by atoms with Crippen LogP contribution in [0, 0.1) is 0 Å². The molecule has 0 spiro atoms. The van der Waals surface area contributed by atoms with Gasteiger partial charge in [-0.2, -0.15) is 0 Å². The van der Waals surface area contributed by atoms with Crippen LogP contribution in [-0.4, -0.2) is 47.4 Å². The maximum absolute atomic E-state index is 11.9. The Bertz CT molecular complexity index is 772. The Hall–Kier alpha value is -1.51. The fraction of sp³-hybridized carbons (Fsp3) is 0.467. The van der Waals surface area contributed by atoms with Crippen molar-refractivity contribution in [2.75, 3.05) is 19.3 Å². The average molecular weight is 353 g/mol. The molecule has 1 aliphatic heterocycles. The van der Waals surface area contributed by atoms with Crippen molar-refractivity contribution in [1.82, 2.24) is 14.5 Å². The molecule has 0 amide bonds. The Kier molecular flexibility index (Phi) is 4.65. The first-order chi connectivity index (χ1) is 10.9. The summed E-state index contributed by atoms with van der Waals surface area (Å²) in [5.41, 5.74) is 1.75. The highest BCUT2D eigenvalue weighted by Gasteiger charge is 2.29.